The first-order valence-electron chi connectivity index (χ1n) is 8.05. The normalized spacial score (nSPS) is 24.7. The molecule has 0 aromatic heterocycles. The van der Waals surface area contributed by atoms with Crippen molar-refractivity contribution in [3.8, 4) is 0 Å². The van der Waals surface area contributed by atoms with Crippen molar-refractivity contribution in [3.05, 3.63) is 35.9 Å². The van der Waals surface area contributed by atoms with Crippen LogP contribution in [0, 0.1) is 5.92 Å². The van der Waals surface area contributed by atoms with Gasteiger partial charge in [0.1, 0.15) is 13.2 Å². The second-order valence-electron chi connectivity index (χ2n) is 6.28. The predicted molar refractivity (Wildman–Crippen MR) is 83.7 cm³/mol. The van der Waals surface area contributed by atoms with Gasteiger partial charge in [-0.1, -0.05) is 30.3 Å². The number of hydrogen-bond donors (Lipinski definition) is 2. The van der Waals surface area contributed by atoms with Crippen molar-refractivity contribution in [2.45, 2.75) is 31.4 Å². The summed E-state index contributed by atoms with van der Waals surface area (Å²) in [6.07, 6.45) is 1.46. The molecule has 1 aromatic carbocycles. The van der Waals surface area contributed by atoms with Crippen molar-refractivity contribution >= 4 is 12.0 Å². The van der Waals surface area contributed by atoms with E-state index < -0.39 is 6.09 Å². The lowest BCUT2D eigenvalue weighted by Crippen LogP contribution is -2.50. The molecule has 2 amide bonds. The minimum atomic E-state index is -0.432. The summed E-state index contributed by atoms with van der Waals surface area (Å²) in [4.78, 5) is 25.1. The van der Waals surface area contributed by atoms with E-state index in [9.17, 15) is 14.7 Å². The number of benzene rings is 1. The number of rotatable bonds is 6. The lowest BCUT2D eigenvalue weighted by atomic mass is 9.75. The van der Waals surface area contributed by atoms with Crippen LogP contribution in [0.2, 0.25) is 0 Å². The van der Waals surface area contributed by atoms with Crippen molar-refractivity contribution in [1.82, 2.24) is 10.2 Å². The number of nitrogens with one attached hydrogen (secondary N) is 1. The maximum atomic E-state index is 12.2. The average molecular weight is 318 g/mol. The maximum Gasteiger partial charge on any atom is 0.410 e. The Balaban J connectivity index is 1.59. The summed E-state index contributed by atoms with van der Waals surface area (Å²) in [6.45, 7) is 0.825. The van der Waals surface area contributed by atoms with E-state index in [0.717, 1.165) is 12.0 Å². The number of ether oxygens (including phenoxy) is 1. The van der Waals surface area contributed by atoms with Gasteiger partial charge in [0.05, 0.1) is 12.6 Å². The van der Waals surface area contributed by atoms with Crippen LogP contribution in [0.5, 0.6) is 0 Å². The van der Waals surface area contributed by atoms with Gasteiger partial charge in [-0.2, -0.15) is 0 Å². The lowest BCUT2D eigenvalue weighted by Gasteiger charge is -2.38. The average Bonchev–Trinajstić information content (AvgIpc) is 2.89. The van der Waals surface area contributed by atoms with Crippen LogP contribution in [0.4, 0.5) is 4.79 Å². The molecule has 6 nitrogen and oxygen atoms in total. The van der Waals surface area contributed by atoms with E-state index in [1.807, 2.05) is 30.3 Å². The summed E-state index contributed by atoms with van der Waals surface area (Å²) in [5.41, 5.74) is 1.15. The number of carbonyl (C=O) groups excluding carboxylic acids is 2. The molecule has 1 unspecified atom stereocenters. The molecule has 1 aromatic rings. The quantitative estimate of drug-likeness (QED) is 0.818. The summed E-state index contributed by atoms with van der Waals surface area (Å²) in [5, 5.41) is 12.6. The second-order valence-corrected chi connectivity index (χ2v) is 6.28. The Morgan fingerprint density at radius 3 is 2.70 bits per heavy atom. The van der Waals surface area contributed by atoms with Crippen LogP contribution in [-0.4, -0.2) is 53.8 Å². The standard InChI is InChI=1S/C17H22N2O4/c20-14-9-13(10-14)15(8-12-4-2-1-3-5-12)18-16(21)11-19-6-7-23-17(19)22/h1-5,13-15,20H,6-11H2,(H,18,21). The van der Waals surface area contributed by atoms with Crippen LogP contribution in [0.3, 0.4) is 0 Å². The number of cyclic esters (lactones) is 1. The summed E-state index contributed by atoms with van der Waals surface area (Å²) in [6, 6.07) is 9.96. The third-order valence-corrected chi connectivity index (χ3v) is 4.54. The third kappa shape index (κ3) is 4.01. The van der Waals surface area contributed by atoms with Crippen molar-refractivity contribution in [2.75, 3.05) is 19.7 Å². The molecular formula is C17H22N2O4. The number of hydrogen-bond acceptors (Lipinski definition) is 4. The Morgan fingerprint density at radius 2 is 2.09 bits per heavy atom. The molecule has 23 heavy (non-hydrogen) atoms. The molecule has 6 heteroatoms. The predicted octanol–water partition coefficient (Wildman–Crippen LogP) is 0.937. The lowest BCUT2D eigenvalue weighted by molar-refractivity contribution is -0.123. The molecule has 0 spiro atoms. The molecule has 1 saturated carbocycles. The van der Waals surface area contributed by atoms with Crippen molar-refractivity contribution in [3.63, 3.8) is 0 Å². The maximum absolute atomic E-state index is 12.2. The van der Waals surface area contributed by atoms with Gasteiger partial charge in [-0.3, -0.25) is 9.69 Å². The van der Waals surface area contributed by atoms with Gasteiger partial charge in [0, 0.05) is 6.04 Å². The fourth-order valence-corrected chi connectivity index (χ4v) is 3.16. The fourth-order valence-electron chi connectivity index (χ4n) is 3.16. The van der Waals surface area contributed by atoms with Gasteiger partial charge in [0.15, 0.2) is 0 Å². The summed E-state index contributed by atoms with van der Waals surface area (Å²) < 4.78 is 4.83. The molecule has 2 N–H and O–H groups in total. The molecule has 1 heterocycles. The van der Waals surface area contributed by atoms with Crippen molar-refractivity contribution < 1.29 is 19.4 Å². The van der Waals surface area contributed by atoms with Gasteiger partial charge in [-0.25, -0.2) is 4.79 Å². The van der Waals surface area contributed by atoms with E-state index in [0.29, 0.717) is 26.0 Å². The monoisotopic (exact) mass is 318 g/mol. The molecule has 1 saturated heterocycles. The van der Waals surface area contributed by atoms with E-state index in [4.69, 9.17) is 4.74 Å². The van der Waals surface area contributed by atoms with E-state index in [2.05, 4.69) is 5.32 Å². The van der Waals surface area contributed by atoms with E-state index in [1.165, 1.54) is 4.90 Å². The van der Waals surface area contributed by atoms with Crippen LogP contribution in [0.25, 0.3) is 0 Å². The molecule has 1 atom stereocenters. The molecule has 1 aliphatic carbocycles. The number of amides is 2. The summed E-state index contributed by atoms with van der Waals surface area (Å²) in [5.74, 6) is 0.103. The first kappa shape index (κ1) is 15.8. The highest BCUT2D eigenvalue weighted by atomic mass is 16.6. The Labute approximate surface area is 135 Å². The SMILES string of the molecule is O=C(CN1CCOC1=O)NC(Cc1ccccc1)C1CC(O)C1. The smallest absolute Gasteiger partial charge is 0.410 e. The first-order valence-corrected chi connectivity index (χ1v) is 8.05. The third-order valence-electron chi connectivity index (χ3n) is 4.54. The molecular weight excluding hydrogens is 296 g/mol. The largest absolute Gasteiger partial charge is 0.448 e. The van der Waals surface area contributed by atoms with Crippen LogP contribution >= 0.6 is 0 Å². The molecule has 2 fully saturated rings. The van der Waals surface area contributed by atoms with Crippen LogP contribution in [-0.2, 0) is 16.0 Å². The molecule has 124 valence electrons. The Morgan fingerprint density at radius 1 is 1.35 bits per heavy atom. The van der Waals surface area contributed by atoms with Gasteiger partial charge in [-0.05, 0) is 30.7 Å². The van der Waals surface area contributed by atoms with E-state index in [1.54, 1.807) is 0 Å². The summed E-state index contributed by atoms with van der Waals surface area (Å²) in [7, 11) is 0. The Kier molecular flexibility index (Phi) is 4.81. The molecule has 3 rings (SSSR count). The number of carbonyl (C=O) groups is 2. The van der Waals surface area contributed by atoms with Gasteiger partial charge in [0.2, 0.25) is 5.91 Å². The van der Waals surface area contributed by atoms with Gasteiger partial charge in [0.25, 0.3) is 0 Å². The highest BCUT2D eigenvalue weighted by Gasteiger charge is 2.35. The van der Waals surface area contributed by atoms with Crippen LogP contribution in [0.1, 0.15) is 18.4 Å². The zero-order valence-corrected chi connectivity index (χ0v) is 13.0. The second kappa shape index (κ2) is 7.00. The molecule has 1 aliphatic heterocycles. The van der Waals surface area contributed by atoms with Crippen molar-refractivity contribution in [1.29, 1.82) is 0 Å². The molecule has 0 radical (unpaired) electrons. The zero-order chi connectivity index (χ0) is 16.2. The van der Waals surface area contributed by atoms with Gasteiger partial charge < -0.3 is 15.2 Å². The van der Waals surface area contributed by atoms with Crippen LogP contribution < -0.4 is 5.32 Å². The highest BCUT2D eigenvalue weighted by Crippen LogP contribution is 2.31. The summed E-state index contributed by atoms with van der Waals surface area (Å²) >= 11 is 0. The Hall–Kier alpha value is -2.08. The zero-order valence-electron chi connectivity index (χ0n) is 13.0. The van der Waals surface area contributed by atoms with Gasteiger partial charge >= 0.3 is 6.09 Å². The fraction of sp³-hybridized carbons (Fsp3) is 0.529. The van der Waals surface area contributed by atoms with E-state index in [-0.39, 0.29) is 30.5 Å². The Bertz CT molecular complexity index is 557. The first-order chi connectivity index (χ1) is 11.1. The van der Waals surface area contributed by atoms with Gasteiger partial charge in [-0.15, -0.1) is 0 Å². The number of nitrogens with zero attached hydrogens (tertiary/aromatic N) is 1. The van der Waals surface area contributed by atoms with E-state index >= 15 is 0 Å². The highest BCUT2D eigenvalue weighted by molar-refractivity contribution is 5.83. The van der Waals surface area contributed by atoms with Crippen LogP contribution in [0.15, 0.2) is 30.3 Å². The minimum absolute atomic E-state index is 0.0214. The minimum Gasteiger partial charge on any atom is -0.448 e. The number of aliphatic hydroxyl groups is 1. The molecule has 0 bridgehead atoms. The van der Waals surface area contributed by atoms with Crippen molar-refractivity contribution in [2.24, 2.45) is 5.92 Å². The number of aliphatic hydroxyl groups excluding tert-OH is 1. The topological polar surface area (TPSA) is 78.9 Å². The molecule has 2 aliphatic rings.